The highest BCUT2D eigenvalue weighted by atomic mass is 14.2. The molecule has 1 unspecified atom stereocenters. The summed E-state index contributed by atoms with van der Waals surface area (Å²) in [5.41, 5.74) is 0. The van der Waals surface area contributed by atoms with Crippen LogP contribution in [0.4, 0.5) is 0 Å². The van der Waals surface area contributed by atoms with Crippen LogP contribution in [0.3, 0.4) is 0 Å². The summed E-state index contributed by atoms with van der Waals surface area (Å²) in [6, 6.07) is 0. The summed E-state index contributed by atoms with van der Waals surface area (Å²) < 4.78 is 0. The van der Waals surface area contributed by atoms with Crippen molar-refractivity contribution in [3.05, 3.63) is 0 Å². The van der Waals surface area contributed by atoms with E-state index in [1.54, 1.807) is 0 Å². The third kappa shape index (κ3) is 7.41. The lowest BCUT2D eigenvalue weighted by molar-refractivity contribution is 0.283. The molecule has 0 nitrogen and oxygen atoms in total. The van der Waals surface area contributed by atoms with E-state index in [2.05, 4.69) is 41.5 Å². The van der Waals surface area contributed by atoms with Gasteiger partial charge in [0, 0.05) is 0 Å². The van der Waals surface area contributed by atoms with E-state index in [4.69, 9.17) is 0 Å². The molecule has 0 rings (SSSR count). The third-order valence-electron chi connectivity index (χ3n) is 3.04. The Morgan fingerprint density at radius 1 is 0.714 bits per heavy atom. The maximum Gasteiger partial charge on any atom is -0.0407 e. The molecule has 0 heteroatoms. The fourth-order valence-electron chi connectivity index (χ4n) is 2.36. The van der Waals surface area contributed by atoms with Gasteiger partial charge in [0.05, 0.1) is 0 Å². The Kier molecular flexibility index (Phi) is 7.31. The van der Waals surface area contributed by atoms with Crippen LogP contribution < -0.4 is 0 Å². The topological polar surface area (TPSA) is 0 Å². The SMILES string of the molecule is CCC(C)CC(CC(C)C)CC(C)C. The smallest absolute Gasteiger partial charge is 0.0407 e. The molecule has 0 aromatic heterocycles. The van der Waals surface area contributed by atoms with Crippen molar-refractivity contribution in [2.45, 2.75) is 67.2 Å². The second kappa shape index (κ2) is 7.31. The molecule has 14 heavy (non-hydrogen) atoms. The molecule has 0 bridgehead atoms. The molecule has 0 saturated carbocycles. The van der Waals surface area contributed by atoms with Crippen molar-refractivity contribution < 1.29 is 0 Å². The molecule has 0 N–H and O–H groups in total. The van der Waals surface area contributed by atoms with Crippen molar-refractivity contribution in [3.8, 4) is 0 Å². The van der Waals surface area contributed by atoms with Crippen molar-refractivity contribution in [2.75, 3.05) is 0 Å². The summed E-state index contributed by atoms with van der Waals surface area (Å²) in [6.45, 7) is 14.1. The maximum absolute atomic E-state index is 2.40. The van der Waals surface area contributed by atoms with Gasteiger partial charge >= 0.3 is 0 Å². The van der Waals surface area contributed by atoms with Crippen LogP contribution in [0.5, 0.6) is 0 Å². The van der Waals surface area contributed by atoms with Crippen molar-refractivity contribution in [1.82, 2.24) is 0 Å². The van der Waals surface area contributed by atoms with Crippen LogP contribution in [-0.2, 0) is 0 Å². The Hall–Kier alpha value is 0. The van der Waals surface area contributed by atoms with Crippen LogP contribution in [0.25, 0.3) is 0 Å². The average Bonchev–Trinajstić information content (AvgIpc) is 2.01. The van der Waals surface area contributed by atoms with Gasteiger partial charge < -0.3 is 0 Å². The number of hydrogen-bond acceptors (Lipinski definition) is 0. The zero-order valence-corrected chi connectivity index (χ0v) is 11.1. The molecule has 0 aliphatic carbocycles. The molecular weight excluding hydrogens is 168 g/mol. The molecule has 0 spiro atoms. The number of rotatable bonds is 7. The van der Waals surface area contributed by atoms with E-state index < -0.39 is 0 Å². The first-order valence-electron chi connectivity index (χ1n) is 6.45. The van der Waals surface area contributed by atoms with Crippen LogP contribution in [0.1, 0.15) is 67.2 Å². The Labute approximate surface area is 91.5 Å². The van der Waals surface area contributed by atoms with E-state index in [9.17, 15) is 0 Å². The van der Waals surface area contributed by atoms with Crippen molar-refractivity contribution in [2.24, 2.45) is 23.7 Å². The van der Waals surface area contributed by atoms with Gasteiger partial charge in [0.15, 0.2) is 0 Å². The molecule has 0 aliphatic heterocycles. The molecule has 0 saturated heterocycles. The Morgan fingerprint density at radius 3 is 1.43 bits per heavy atom. The summed E-state index contributed by atoms with van der Waals surface area (Å²) in [5, 5.41) is 0. The number of hydrogen-bond donors (Lipinski definition) is 0. The van der Waals surface area contributed by atoms with E-state index in [-0.39, 0.29) is 0 Å². The van der Waals surface area contributed by atoms with Crippen molar-refractivity contribution >= 4 is 0 Å². The molecule has 0 aromatic carbocycles. The Bertz CT molecular complexity index is 114. The van der Waals surface area contributed by atoms with E-state index in [1.165, 1.54) is 25.7 Å². The monoisotopic (exact) mass is 198 g/mol. The molecule has 1 atom stereocenters. The quantitative estimate of drug-likeness (QED) is 0.532. The standard InChI is InChI=1S/C14H30/c1-7-13(6)10-14(8-11(2)3)9-12(4)5/h11-14H,7-10H2,1-6H3. The van der Waals surface area contributed by atoms with Crippen LogP contribution in [0, 0.1) is 23.7 Å². The lowest BCUT2D eigenvalue weighted by atomic mass is 9.83. The predicted octanol–water partition coefficient (Wildman–Crippen LogP) is 5.13. The lowest BCUT2D eigenvalue weighted by Crippen LogP contribution is -2.11. The average molecular weight is 198 g/mol. The van der Waals surface area contributed by atoms with Gasteiger partial charge in [-0.25, -0.2) is 0 Å². The van der Waals surface area contributed by atoms with Gasteiger partial charge in [-0.1, -0.05) is 48.0 Å². The van der Waals surface area contributed by atoms with Crippen molar-refractivity contribution in [3.63, 3.8) is 0 Å². The highest BCUT2D eigenvalue weighted by Crippen LogP contribution is 2.27. The highest BCUT2D eigenvalue weighted by Gasteiger charge is 2.15. The largest absolute Gasteiger partial charge is 0.0651 e. The molecule has 0 aromatic rings. The van der Waals surface area contributed by atoms with Gasteiger partial charge in [-0.05, 0) is 42.9 Å². The predicted molar refractivity (Wildman–Crippen MR) is 66.5 cm³/mol. The highest BCUT2D eigenvalue weighted by molar-refractivity contribution is 4.66. The second-order valence-electron chi connectivity index (χ2n) is 5.87. The zero-order chi connectivity index (χ0) is 11.1. The van der Waals surface area contributed by atoms with E-state index in [0.717, 1.165) is 23.7 Å². The lowest BCUT2D eigenvalue weighted by Gasteiger charge is -2.23. The second-order valence-corrected chi connectivity index (χ2v) is 5.87. The summed E-state index contributed by atoms with van der Waals surface area (Å²) in [4.78, 5) is 0. The van der Waals surface area contributed by atoms with Gasteiger partial charge in [-0.3, -0.25) is 0 Å². The van der Waals surface area contributed by atoms with Gasteiger partial charge in [-0.2, -0.15) is 0 Å². The maximum atomic E-state index is 2.40. The first kappa shape index (κ1) is 14.0. The summed E-state index contributed by atoms with van der Waals surface area (Å²) in [7, 11) is 0. The fraction of sp³-hybridized carbons (Fsp3) is 1.00. The minimum atomic E-state index is 0.864. The third-order valence-corrected chi connectivity index (χ3v) is 3.04. The fourth-order valence-corrected chi connectivity index (χ4v) is 2.36. The first-order valence-corrected chi connectivity index (χ1v) is 6.45. The van der Waals surface area contributed by atoms with E-state index in [0.29, 0.717) is 0 Å². The normalized spacial score (nSPS) is 14.4. The Morgan fingerprint density at radius 2 is 1.14 bits per heavy atom. The van der Waals surface area contributed by atoms with Gasteiger partial charge in [0.2, 0.25) is 0 Å². The van der Waals surface area contributed by atoms with Crippen LogP contribution >= 0.6 is 0 Å². The minimum absolute atomic E-state index is 0.864. The minimum Gasteiger partial charge on any atom is -0.0651 e. The van der Waals surface area contributed by atoms with Gasteiger partial charge in [0.1, 0.15) is 0 Å². The van der Waals surface area contributed by atoms with Crippen LogP contribution in [-0.4, -0.2) is 0 Å². The van der Waals surface area contributed by atoms with E-state index >= 15 is 0 Å². The van der Waals surface area contributed by atoms with Gasteiger partial charge in [0.25, 0.3) is 0 Å². The van der Waals surface area contributed by atoms with Gasteiger partial charge in [-0.15, -0.1) is 0 Å². The first-order chi connectivity index (χ1) is 6.45. The molecule has 0 fully saturated rings. The van der Waals surface area contributed by atoms with Crippen molar-refractivity contribution in [1.29, 1.82) is 0 Å². The molecule has 0 heterocycles. The molecule has 0 amide bonds. The van der Waals surface area contributed by atoms with E-state index in [1.807, 2.05) is 0 Å². The summed E-state index contributed by atoms with van der Waals surface area (Å²) in [5.74, 6) is 3.60. The molecule has 0 radical (unpaired) electrons. The Balaban J connectivity index is 3.96. The van der Waals surface area contributed by atoms with Crippen LogP contribution in [0.15, 0.2) is 0 Å². The molecule has 86 valence electrons. The zero-order valence-electron chi connectivity index (χ0n) is 11.1. The summed E-state index contributed by atoms with van der Waals surface area (Å²) >= 11 is 0. The molecule has 0 aliphatic rings. The molecular formula is C14H30. The van der Waals surface area contributed by atoms with Crippen LogP contribution in [0.2, 0.25) is 0 Å². The summed E-state index contributed by atoms with van der Waals surface area (Å²) in [6.07, 6.45) is 5.62.